The van der Waals surface area contributed by atoms with E-state index in [2.05, 4.69) is 9.88 Å². The molecule has 1 aliphatic rings. The van der Waals surface area contributed by atoms with E-state index in [9.17, 15) is 13.2 Å². The van der Waals surface area contributed by atoms with Crippen LogP contribution in [0.5, 0.6) is 0 Å². The van der Waals surface area contributed by atoms with Gasteiger partial charge in [0.15, 0.2) is 5.13 Å². The molecule has 1 aliphatic heterocycles. The van der Waals surface area contributed by atoms with Crippen molar-refractivity contribution in [2.24, 2.45) is 0 Å². The first kappa shape index (κ1) is 21.0. The third-order valence-corrected chi connectivity index (χ3v) is 4.76. The van der Waals surface area contributed by atoms with Crippen LogP contribution < -0.4 is 5.73 Å². The van der Waals surface area contributed by atoms with Crippen LogP contribution in [0.15, 0.2) is 24.3 Å². The molecule has 134 valence electrons. The first-order chi connectivity index (χ1) is 10.4. The molecule has 0 amide bonds. The highest BCUT2D eigenvalue weighted by molar-refractivity contribution is 7.15. The van der Waals surface area contributed by atoms with Gasteiger partial charge in [-0.25, -0.2) is 4.98 Å². The van der Waals surface area contributed by atoms with Crippen LogP contribution in [-0.2, 0) is 25.6 Å². The molecule has 1 aromatic heterocycles. The molecule has 0 saturated carbocycles. The van der Waals surface area contributed by atoms with Gasteiger partial charge in [-0.1, -0.05) is 18.2 Å². The minimum atomic E-state index is -4.29. The number of nitrogens with zero attached hydrogens (tertiary/aromatic N) is 2. The summed E-state index contributed by atoms with van der Waals surface area (Å²) in [6.07, 6.45) is -2.65. The lowest BCUT2D eigenvalue weighted by Crippen LogP contribution is -2.26. The summed E-state index contributed by atoms with van der Waals surface area (Å²) in [6.45, 7) is 2.12. The first-order valence-electron chi connectivity index (χ1n) is 7.04. The SMILES string of the molecule is Cl.Cl.Nc1nc2c(s1)CCN(Cc1cccc(C(F)(F)F)c1)CC2. The fourth-order valence-electron chi connectivity index (χ4n) is 2.69. The van der Waals surface area contributed by atoms with E-state index in [0.29, 0.717) is 17.2 Å². The molecule has 0 fully saturated rings. The number of nitrogen functional groups attached to an aromatic ring is 1. The maximum absolute atomic E-state index is 12.8. The molecule has 0 atom stereocenters. The molecule has 0 bridgehead atoms. The van der Waals surface area contributed by atoms with E-state index in [4.69, 9.17) is 5.73 Å². The van der Waals surface area contributed by atoms with Crippen molar-refractivity contribution in [1.82, 2.24) is 9.88 Å². The Morgan fingerprint density at radius 3 is 2.58 bits per heavy atom. The zero-order chi connectivity index (χ0) is 15.7. The number of hydrogen-bond acceptors (Lipinski definition) is 4. The molecular weight excluding hydrogens is 382 g/mol. The number of nitrogens with two attached hydrogens (primary N) is 1. The molecule has 24 heavy (non-hydrogen) atoms. The van der Waals surface area contributed by atoms with Crippen LogP contribution in [-0.4, -0.2) is 23.0 Å². The van der Waals surface area contributed by atoms with E-state index in [0.717, 1.165) is 37.7 Å². The molecule has 0 spiro atoms. The van der Waals surface area contributed by atoms with Crippen LogP contribution in [0.3, 0.4) is 0 Å². The molecule has 3 rings (SSSR count). The van der Waals surface area contributed by atoms with Crippen molar-refractivity contribution in [3.05, 3.63) is 46.0 Å². The van der Waals surface area contributed by atoms with Crippen LogP contribution in [0.1, 0.15) is 21.7 Å². The second kappa shape index (κ2) is 8.38. The smallest absolute Gasteiger partial charge is 0.375 e. The van der Waals surface area contributed by atoms with Gasteiger partial charge in [0.2, 0.25) is 0 Å². The second-order valence-electron chi connectivity index (χ2n) is 5.40. The Hall–Kier alpha value is -1.02. The van der Waals surface area contributed by atoms with Gasteiger partial charge in [0, 0.05) is 30.9 Å². The van der Waals surface area contributed by atoms with Crippen molar-refractivity contribution in [3.63, 3.8) is 0 Å². The van der Waals surface area contributed by atoms with Gasteiger partial charge in [-0.3, -0.25) is 4.90 Å². The molecule has 0 aliphatic carbocycles. The summed E-state index contributed by atoms with van der Waals surface area (Å²) in [7, 11) is 0. The lowest BCUT2D eigenvalue weighted by atomic mass is 10.1. The molecule has 3 nitrogen and oxygen atoms in total. The quantitative estimate of drug-likeness (QED) is 0.822. The highest BCUT2D eigenvalue weighted by Crippen LogP contribution is 2.30. The highest BCUT2D eigenvalue weighted by atomic mass is 35.5. The minimum Gasteiger partial charge on any atom is -0.375 e. The Labute approximate surface area is 154 Å². The number of anilines is 1. The van der Waals surface area contributed by atoms with Gasteiger partial charge in [-0.2, -0.15) is 13.2 Å². The number of thiazole rings is 1. The summed E-state index contributed by atoms with van der Waals surface area (Å²) in [5, 5.41) is 0.594. The topological polar surface area (TPSA) is 42.1 Å². The largest absolute Gasteiger partial charge is 0.416 e. The van der Waals surface area contributed by atoms with Gasteiger partial charge < -0.3 is 5.73 Å². The summed E-state index contributed by atoms with van der Waals surface area (Å²) in [6, 6.07) is 5.55. The Kier molecular flexibility index (Phi) is 7.34. The number of fused-ring (bicyclic) bond motifs is 1. The molecular formula is C15H18Cl2F3N3S. The number of hydrogen-bond donors (Lipinski definition) is 1. The van der Waals surface area contributed by atoms with Crippen LogP contribution >= 0.6 is 36.2 Å². The number of halogens is 5. The molecule has 1 aromatic carbocycles. The second-order valence-corrected chi connectivity index (χ2v) is 6.51. The van der Waals surface area contributed by atoms with Gasteiger partial charge >= 0.3 is 6.18 Å². The molecule has 0 radical (unpaired) electrons. The Balaban J connectivity index is 0.00000144. The summed E-state index contributed by atoms with van der Waals surface area (Å²) in [5.41, 5.74) is 6.85. The van der Waals surface area contributed by atoms with Gasteiger partial charge in [-0.05, 0) is 18.1 Å². The van der Waals surface area contributed by atoms with E-state index in [1.165, 1.54) is 28.3 Å². The van der Waals surface area contributed by atoms with Crippen molar-refractivity contribution in [1.29, 1.82) is 0 Å². The molecule has 0 saturated heterocycles. The van der Waals surface area contributed by atoms with E-state index < -0.39 is 11.7 Å². The number of alkyl halides is 3. The molecule has 2 N–H and O–H groups in total. The van der Waals surface area contributed by atoms with Crippen LogP contribution in [0, 0.1) is 0 Å². The van der Waals surface area contributed by atoms with Crippen LogP contribution in [0.4, 0.5) is 18.3 Å². The monoisotopic (exact) mass is 399 g/mol. The molecule has 0 unspecified atom stereocenters. The van der Waals surface area contributed by atoms with Gasteiger partial charge in [0.1, 0.15) is 0 Å². The van der Waals surface area contributed by atoms with Gasteiger partial charge in [0.25, 0.3) is 0 Å². The third kappa shape index (κ3) is 4.99. The van der Waals surface area contributed by atoms with Crippen LogP contribution in [0.2, 0.25) is 0 Å². The van der Waals surface area contributed by atoms with Crippen molar-refractivity contribution in [2.75, 3.05) is 18.8 Å². The number of benzene rings is 1. The number of rotatable bonds is 2. The maximum atomic E-state index is 12.8. The lowest BCUT2D eigenvalue weighted by molar-refractivity contribution is -0.137. The Morgan fingerprint density at radius 1 is 1.17 bits per heavy atom. The summed E-state index contributed by atoms with van der Waals surface area (Å²) in [4.78, 5) is 7.68. The van der Waals surface area contributed by atoms with Crippen molar-refractivity contribution < 1.29 is 13.2 Å². The maximum Gasteiger partial charge on any atom is 0.416 e. The standard InChI is InChI=1S/C15H16F3N3S.2ClH/c16-15(17,18)11-3-1-2-10(8-11)9-21-6-4-12-13(5-7-21)22-14(19)20-12;;/h1-3,8H,4-7,9H2,(H2,19,20);2*1H. The third-order valence-electron chi connectivity index (χ3n) is 3.78. The molecule has 2 aromatic rings. The number of aromatic nitrogens is 1. The van der Waals surface area contributed by atoms with E-state index in [1.54, 1.807) is 6.07 Å². The average molecular weight is 400 g/mol. The van der Waals surface area contributed by atoms with Crippen molar-refractivity contribution >= 4 is 41.3 Å². The first-order valence-corrected chi connectivity index (χ1v) is 7.86. The predicted molar refractivity (Wildman–Crippen MR) is 95.2 cm³/mol. The average Bonchev–Trinajstić information content (AvgIpc) is 2.72. The highest BCUT2D eigenvalue weighted by Gasteiger charge is 2.30. The molecule has 2 heterocycles. The van der Waals surface area contributed by atoms with E-state index in [1.807, 2.05) is 0 Å². The van der Waals surface area contributed by atoms with Gasteiger partial charge in [-0.15, -0.1) is 36.2 Å². The summed E-state index contributed by atoms with van der Waals surface area (Å²) >= 11 is 1.51. The van der Waals surface area contributed by atoms with Gasteiger partial charge in [0.05, 0.1) is 11.3 Å². The lowest BCUT2D eigenvalue weighted by Gasteiger charge is -2.20. The van der Waals surface area contributed by atoms with Crippen molar-refractivity contribution in [3.8, 4) is 0 Å². The Bertz CT molecular complexity index is 651. The normalized spacial score (nSPS) is 15.0. The predicted octanol–water partition coefficient (Wildman–Crippen LogP) is 4.19. The molecule has 9 heteroatoms. The minimum absolute atomic E-state index is 0. The van der Waals surface area contributed by atoms with E-state index >= 15 is 0 Å². The fourth-order valence-corrected chi connectivity index (χ4v) is 3.56. The van der Waals surface area contributed by atoms with Crippen LogP contribution in [0.25, 0.3) is 0 Å². The summed E-state index contributed by atoms with van der Waals surface area (Å²) in [5.74, 6) is 0. The zero-order valence-corrected chi connectivity index (χ0v) is 15.1. The Morgan fingerprint density at radius 2 is 1.88 bits per heavy atom. The fraction of sp³-hybridized carbons (Fsp3) is 0.400. The van der Waals surface area contributed by atoms with Crippen molar-refractivity contribution in [2.45, 2.75) is 25.6 Å². The zero-order valence-electron chi connectivity index (χ0n) is 12.7. The van der Waals surface area contributed by atoms with E-state index in [-0.39, 0.29) is 24.8 Å². The summed E-state index contributed by atoms with van der Waals surface area (Å²) < 4.78 is 38.3.